The Morgan fingerprint density at radius 1 is 1.32 bits per heavy atom. The van der Waals surface area contributed by atoms with E-state index in [9.17, 15) is 0 Å². The Morgan fingerprint density at radius 2 is 2.11 bits per heavy atom. The summed E-state index contributed by atoms with van der Waals surface area (Å²) in [7, 11) is 0. The van der Waals surface area contributed by atoms with Crippen molar-refractivity contribution in [1.29, 1.82) is 0 Å². The predicted octanol–water partition coefficient (Wildman–Crippen LogP) is 2.83. The molecule has 1 aromatic carbocycles. The number of rotatable bonds is 2. The molecule has 2 aliphatic heterocycles. The molecule has 2 unspecified atom stereocenters. The van der Waals surface area contributed by atoms with E-state index < -0.39 is 0 Å². The van der Waals surface area contributed by atoms with Gasteiger partial charge in [-0.15, -0.1) is 0 Å². The van der Waals surface area contributed by atoms with Gasteiger partial charge < -0.3 is 10.1 Å². The second kappa shape index (κ2) is 5.51. The van der Waals surface area contributed by atoms with Crippen LogP contribution in [0.25, 0.3) is 0 Å². The first-order chi connectivity index (χ1) is 9.28. The van der Waals surface area contributed by atoms with E-state index in [1.807, 2.05) is 0 Å². The molecule has 0 radical (unpaired) electrons. The van der Waals surface area contributed by atoms with Gasteiger partial charge in [0.15, 0.2) is 0 Å². The van der Waals surface area contributed by atoms with Crippen LogP contribution in [0.2, 0.25) is 0 Å². The highest BCUT2D eigenvalue weighted by Gasteiger charge is 2.30. The molecular formula is C16H24N2O. The van der Waals surface area contributed by atoms with Crippen LogP contribution in [0.3, 0.4) is 0 Å². The summed E-state index contributed by atoms with van der Waals surface area (Å²) in [5.41, 5.74) is 4.25. The summed E-state index contributed by atoms with van der Waals surface area (Å²) in [6.07, 6.45) is 2.30. The minimum Gasteiger partial charge on any atom is -0.382 e. The summed E-state index contributed by atoms with van der Waals surface area (Å²) in [6.45, 7) is 8.39. The lowest BCUT2D eigenvalue weighted by molar-refractivity contribution is 0.0127. The molecular weight excluding hydrogens is 236 g/mol. The van der Waals surface area contributed by atoms with Crippen LogP contribution in [0.5, 0.6) is 0 Å². The van der Waals surface area contributed by atoms with Crippen molar-refractivity contribution in [3.63, 3.8) is 0 Å². The maximum atomic E-state index is 5.49. The molecule has 19 heavy (non-hydrogen) atoms. The molecule has 2 aliphatic rings. The summed E-state index contributed by atoms with van der Waals surface area (Å²) in [5.74, 6) is 0. The Kier molecular flexibility index (Phi) is 3.76. The van der Waals surface area contributed by atoms with Crippen LogP contribution in [-0.2, 0) is 11.2 Å². The highest BCUT2D eigenvalue weighted by atomic mass is 16.5. The molecule has 3 rings (SSSR count). The van der Waals surface area contributed by atoms with Crippen LogP contribution < -0.4 is 5.32 Å². The fourth-order valence-electron chi connectivity index (χ4n) is 3.26. The molecule has 0 saturated carbocycles. The maximum absolute atomic E-state index is 5.49. The van der Waals surface area contributed by atoms with E-state index in [1.165, 1.54) is 23.2 Å². The highest BCUT2D eigenvalue weighted by molar-refractivity contribution is 5.57. The zero-order valence-corrected chi connectivity index (χ0v) is 12.0. The SMILES string of the molecule is CCc1ccc2c(c1)C(N1CCOCC1)CC(C)N2. The monoisotopic (exact) mass is 260 g/mol. The number of benzene rings is 1. The predicted molar refractivity (Wildman–Crippen MR) is 78.7 cm³/mol. The van der Waals surface area contributed by atoms with Crippen LogP contribution in [0.15, 0.2) is 18.2 Å². The van der Waals surface area contributed by atoms with E-state index in [0.29, 0.717) is 12.1 Å². The first-order valence-corrected chi connectivity index (χ1v) is 7.49. The Morgan fingerprint density at radius 3 is 2.84 bits per heavy atom. The lowest BCUT2D eigenvalue weighted by Gasteiger charge is -2.40. The lowest BCUT2D eigenvalue weighted by Crippen LogP contribution is -2.42. The van der Waals surface area contributed by atoms with E-state index in [-0.39, 0.29) is 0 Å². The number of fused-ring (bicyclic) bond motifs is 1. The number of nitrogens with one attached hydrogen (secondary N) is 1. The third kappa shape index (κ3) is 2.63. The largest absolute Gasteiger partial charge is 0.382 e. The Balaban J connectivity index is 1.92. The number of hydrogen-bond donors (Lipinski definition) is 1. The van der Waals surface area contributed by atoms with Crippen LogP contribution in [-0.4, -0.2) is 37.2 Å². The number of anilines is 1. The molecule has 1 N–H and O–H groups in total. The van der Waals surface area contributed by atoms with E-state index in [1.54, 1.807) is 0 Å². The molecule has 3 heteroatoms. The summed E-state index contributed by atoms with van der Waals surface area (Å²) in [4.78, 5) is 2.60. The van der Waals surface area contributed by atoms with Crippen molar-refractivity contribution < 1.29 is 4.74 Å². The van der Waals surface area contributed by atoms with Crippen molar-refractivity contribution in [3.05, 3.63) is 29.3 Å². The number of hydrogen-bond acceptors (Lipinski definition) is 3. The average Bonchev–Trinajstić information content (AvgIpc) is 2.47. The summed E-state index contributed by atoms with van der Waals surface area (Å²) in [5, 5.41) is 3.62. The number of morpholine rings is 1. The topological polar surface area (TPSA) is 24.5 Å². The van der Waals surface area contributed by atoms with Crippen LogP contribution >= 0.6 is 0 Å². The highest BCUT2D eigenvalue weighted by Crippen LogP contribution is 2.37. The third-order valence-electron chi connectivity index (χ3n) is 4.35. The molecule has 0 aliphatic carbocycles. The van der Waals surface area contributed by atoms with Gasteiger partial charge in [-0.25, -0.2) is 0 Å². The average molecular weight is 260 g/mol. The number of ether oxygens (including phenoxy) is 1. The molecule has 1 saturated heterocycles. The molecule has 3 nitrogen and oxygen atoms in total. The Bertz CT molecular complexity index is 440. The molecule has 104 valence electrons. The standard InChI is InChI=1S/C16H24N2O/c1-3-13-4-5-15-14(11-13)16(10-12(2)17-15)18-6-8-19-9-7-18/h4-5,11-12,16-17H,3,6-10H2,1-2H3. The van der Waals surface area contributed by atoms with Crippen molar-refractivity contribution in [2.24, 2.45) is 0 Å². The van der Waals surface area contributed by atoms with Gasteiger partial charge in [0.25, 0.3) is 0 Å². The second-order valence-corrected chi connectivity index (χ2v) is 5.72. The molecule has 0 spiro atoms. The van der Waals surface area contributed by atoms with Crippen molar-refractivity contribution >= 4 is 5.69 Å². The molecule has 0 aromatic heterocycles. The number of nitrogens with zero attached hydrogens (tertiary/aromatic N) is 1. The molecule has 1 aromatic rings. The van der Waals surface area contributed by atoms with Gasteiger partial charge in [0.05, 0.1) is 13.2 Å². The van der Waals surface area contributed by atoms with Gasteiger partial charge in [0.1, 0.15) is 0 Å². The van der Waals surface area contributed by atoms with Gasteiger partial charge in [-0.05, 0) is 37.0 Å². The van der Waals surface area contributed by atoms with E-state index in [4.69, 9.17) is 4.74 Å². The van der Waals surface area contributed by atoms with Crippen molar-refractivity contribution in [2.45, 2.75) is 38.8 Å². The van der Waals surface area contributed by atoms with Gasteiger partial charge >= 0.3 is 0 Å². The molecule has 0 amide bonds. The summed E-state index contributed by atoms with van der Waals surface area (Å²) in [6, 6.07) is 8.01. The van der Waals surface area contributed by atoms with Crippen molar-refractivity contribution in [2.75, 3.05) is 31.6 Å². The minimum atomic E-state index is 0.549. The van der Waals surface area contributed by atoms with Gasteiger partial charge in [-0.2, -0.15) is 0 Å². The van der Waals surface area contributed by atoms with Crippen LogP contribution in [0, 0.1) is 0 Å². The quantitative estimate of drug-likeness (QED) is 0.885. The normalized spacial score (nSPS) is 27.7. The zero-order chi connectivity index (χ0) is 13.2. The first-order valence-electron chi connectivity index (χ1n) is 7.49. The fraction of sp³-hybridized carbons (Fsp3) is 0.625. The minimum absolute atomic E-state index is 0.549. The zero-order valence-electron chi connectivity index (χ0n) is 12.0. The second-order valence-electron chi connectivity index (χ2n) is 5.72. The molecule has 2 heterocycles. The van der Waals surface area contributed by atoms with Crippen LogP contribution in [0.1, 0.15) is 37.4 Å². The van der Waals surface area contributed by atoms with Crippen molar-refractivity contribution in [1.82, 2.24) is 4.90 Å². The van der Waals surface area contributed by atoms with E-state index in [2.05, 4.69) is 42.3 Å². The van der Waals surface area contributed by atoms with Gasteiger partial charge in [-0.1, -0.05) is 19.1 Å². The third-order valence-corrected chi connectivity index (χ3v) is 4.35. The summed E-state index contributed by atoms with van der Waals surface area (Å²) < 4.78 is 5.49. The molecule has 0 bridgehead atoms. The fourth-order valence-corrected chi connectivity index (χ4v) is 3.26. The molecule has 2 atom stereocenters. The van der Waals surface area contributed by atoms with E-state index in [0.717, 1.165) is 32.7 Å². The maximum Gasteiger partial charge on any atom is 0.0594 e. The molecule has 1 fully saturated rings. The van der Waals surface area contributed by atoms with E-state index >= 15 is 0 Å². The Labute approximate surface area is 115 Å². The number of aryl methyl sites for hydroxylation is 1. The lowest BCUT2D eigenvalue weighted by atomic mass is 9.90. The van der Waals surface area contributed by atoms with Crippen molar-refractivity contribution in [3.8, 4) is 0 Å². The Hall–Kier alpha value is -1.06. The van der Waals surface area contributed by atoms with Gasteiger partial charge in [0, 0.05) is 30.9 Å². The van der Waals surface area contributed by atoms with Crippen LogP contribution in [0.4, 0.5) is 5.69 Å². The smallest absolute Gasteiger partial charge is 0.0594 e. The summed E-state index contributed by atoms with van der Waals surface area (Å²) >= 11 is 0. The van der Waals surface area contributed by atoms with Gasteiger partial charge in [-0.3, -0.25) is 4.90 Å². The first kappa shape index (κ1) is 12.9. The van der Waals surface area contributed by atoms with Gasteiger partial charge in [0.2, 0.25) is 0 Å².